The average Bonchev–Trinajstić information content (AvgIpc) is 2.30. The van der Waals surface area contributed by atoms with Gasteiger partial charge in [0.15, 0.2) is 0 Å². The minimum Gasteiger partial charge on any atom is -0.396 e. The second kappa shape index (κ2) is 6.22. The number of nitrogens with one attached hydrogen (secondary N) is 1. The Morgan fingerprint density at radius 1 is 1.45 bits per heavy atom. The van der Waals surface area contributed by atoms with Crippen LogP contribution < -0.4 is 5.56 Å². The summed E-state index contributed by atoms with van der Waals surface area (Å²) in [6.45, 7) is 4.16. The van der Waals surface area contributed by atoms with Crippen LogP contribution in [0.4, 0.5) is 0 Å². The summed E-state index contributed by atoms with van der Waals surface area (Å²) in [6, 6.07) is 2.04. The zero-order chi connectivity index (χ0) is 14.7. The van der Waals surface area contributed by atoms with Crippen molar-refractivity contribution in [3.05, 3.63) is 33.2 Å². The van der Waals surface area contributed by atoms with E-state index in [2.05, 4.69) is 4.98 Å². The Morgan fingerprint density at radius 3 is 2.65 bits per heavy atom. The molecule has 0 unspecified atom stereocenters. The number of rotatable bonds is 5. The fourth-order valence-electron chi connectivity index (χ4n) is 2.65. The first-order valence-electron chi connectivity index (χ1n) is 7.17. The fraction of sp³-hybridized carbons (Fsp3) is 0.600. The summed E-state index contributed by atoms with van der Waals surface area (Å²) in [5.74, 6) is -0.207. The molecule has 5 heteroatoms. The first kappa shape index (κ1) is 14.8. The van der Waals surface area contributed by atoms with Crippen molar-refractivity contribution in [1.82, 2.24) is 9.88 Å². The first-order valence-corrected chi connectivity index (χ1v) is 7.17. The molecule has 1 amide bonds. The van der Waals surface area contributed by atoms with Crippen molar-refractivity contribution >= 4 is 5.91 Å². The molecule has 1 aromatic heterocycles. The number of aromatic nitrogens is 1. The standard InChI is InChI=1S/C15H22N2O3/c1-10-9-11(2)16-14(19)13(10)15(20)17(7-4-8-18)12-5-3-6-12/h9,12,18H,3-8H2,1-2H3,(H,16,19). The molecule has 0 atom stereocenters. The van der Waals surface area contributed by atoms with Gasteiger partial charge in [0.1, 0.15) is 5.56 Å². The molecule has 1 aromatic rings. The molecule has 1 aliphatic rings. The lowest BCUT2D eigenvalue weighted by atomic mass is 9.90. The Morgan fingerprint density at radius 2 is 2.15 bits per heavy atom. The second-order valence-corrected chi connectivity index (χ2v) is 5.50. The summed E-state index contributed by atoms with van der Waals surface area (Å²) in [5, 5.41) is 8.98. The van der Waals surface area contributed by atoms with Gasteiger partial charge in [-0.25, -0.2) is 0 Å². The van der Waals surface area contributed by atoms with Crippen LogP contribution in [0.5, 0.6) is 0 Å². The largest absolute Gasteiger partial charge is 0.396 e. The number of H-pyrrole nitrogens is 1. The molecule has 0 saturated heterocycles. The molecule has 0 aromatic carbocycles. The van der Waals surface area contributed by atoms with Gasteiger partial charge in [0.05, 0.1) is 0 Å². The minimum absolute atomic E-state index is 0.0553. The van der Waals surface area contributed by atoms with Crippen LogP contribution >= 0.6 is 0 Å². The number of nitrogens with zero attached hydrogens (tertiary/aromatic N) is 1. The molecule has 1 aliphatic carbocycles. The van der Waals surface area contributed by atoms with Crippen LogP contribution in [0.25, 0.3) is 0 Å². The highest BCUT2D eigenvalue weighted by atomic mass is 16.3. The third kappa shape index (κ3) is 2.93. The normalized spacial score (nSPS) is 14.9. The van der Waals surface area contributed by atoms with Crippen molar-refractivity contribution in [2.24, 2.45) is 0 Å². The molecule has 0 bridgehead atoms. The van der Waals surface area contributed by atoms with Gasteiger partial charge in [0.25, 0.3) is 11.5 Å². The number of amides is 1. The number of aliphatic hydroxyl groups is 1. The highest BCUT2D eigenvalue weighted by Gasteiger charge is 2.30. The smallest absolute Gasteiger partial charge is 0.261 e. The molecule has 1 heterocycles. The van der Waals surface area contributed by atoms with Crippen molar-refractivity contribution < 1.29 is 9.90 Å². The lowest BCUT2D eigenvalue weighted by molar-refractivity contribution is 0.0560. The van der Waals surface area contributed by atoms with E-state index >= 15 is 0 Å². The van der Waals surface area contributed by atoms with Gasteiger partial charge in [0.2, 0.25) is 0 Å². The van der Waals surface area contributed by atoms with Gasteiger partial charge >= 0.3 is 0 Å². The van der Waals surface area contributed by atoms with Gasteiger partial charge < -0.3 is 15.0 Å². The molecule has 0 radical (unpaired) electrons. The summed E-state index contributed by atoms with van der Waals surface area (Å²) in [6.07, 6.45) is 3.64. The van der Waals surface area contributed by atoms with Crippen LogP contribution in [0.3, 0.4) is 0 Å². The van der Waals surface area contributed by atoms with Crippen molar-refractivity contribution in [1.29, 1.82) is 0 Å². The third-order valence-electron chi connectivity index (χ3n) is 3.91. The predicted molar refractivity (Wildman–Crippen MR) is 76.9 cm³/mol. The molecule has 1 fully saturated rings. The number of hydrogen-bond acceptors (Lipinski definition) is 3. The van der Waals surface area contributed by atoms with Crippen LogP contribution in [0.15, 0.2) is 10.9 Å². The average molecular weight is 278 g/mol. The number of pyridine rings is 1. The summed E-state index contributed by atoms with van der Waals surface area (Å²) >= 11 is 0. The maximum atomic E-state index is 12.7. The first-order chi connectivity index (χ1) is 9.54. The Labute approximate surface area is 118 Å². The van der Waals surface area contributed by atoms with Crippen LogP contribution in [-0.4, -0.2) is 40.1 Å². The lowest BCUT2D eigenvalue weighted by Gasteiger charge is -2.37. The highest BCUT2D eigenvalue weighted by Crippen LogP contribution is 2.26. The van der Waals surface area contributed by atoms with E-state index in [4.69, 9.17) is 5.11 Å². The van der Waals surface area contributed by atoms with Crippen LogP contribution in [0.2, 0.25) is 0 Å². The van der Waals surface area contributed by atoms with E-state index in [1.807, 2.05) is 6.07 Å². The summed E-state index contributed by atoms with van der Waals surface area (Å²) in [4.78, 5) is 29.2. The van der Waals surface area contributed by atoms with Crippen LogP contribution in [-0.2, 0) is 0 Å². The van der Waals surface area contributed by atoms with E-state index in [9.17, 15) is 9.59 Å². The van der Waals surface area contributed by atoms with Crippen molar-refractivity contribution in [2.45, 2.75) is 45.6 Å². The molecule has 1 saturated carbocycles. The fourth-order valence-corrected chi connectivity index (χ4v) is 2.65. The summed E-state index contributed by atoms with van der Waals surface area (Å²) in [7, 11) is 0. The minimum atomic E-state index is -0.319. The van der Waals surface area contributed by atoms with Gasteiger partial charge in [0, 0.05) is 24.9 Å². The van der Waals surface area contributed by atoms with E-state index in [1.54, 1.807) is 18.7 Å². The topological polar surface area (TPSA) is 73.4 Å². The number of aryl methyl sites for hydroxylation is 2. The molecule has 5 nitrogen and oxygen atoms in total. The maximum absolute atomic E-state index is 12.7. The number of aliphatic hydroxyl groups excluding tert-OH is 1. The molecule has 0 spiro atoms. The number of aromatic amines is 1. The molecule has 2 N–H and O–H groups in total. The monoisotopic (exact) mass is 278 g/mol. The number of hydrogen-bond donors (Lipinski definition) is 2. The Hall–Kier alpha value is -1.62. The number of carbonyl (C=O) groups excluding carboxylic acids is 1. The lowest BCUT2D eigenvalue weighted by Crippen LogP contribution is -2.46. The summed E-state index contributed by atoms with van der Waals surface area (Å²) in [5.41, 5.74) is 1.39. The molecule has 110 valence electrons. The highest BCUT2D eigenvalue weighted by molar-refractivity contribution is 5.95. The predicted octanol–water partition coefficient (Wildman–Crippen LogP) is 1.37. The van der Waals surface area contributed by atoms with Gasteiger partial charge in [-0.05, 0) is 51.2 Å². The zero-order valence-corrected chi connectivity index (χ0v) is 12.1. The maximum Gasteiger partial charge on any atom is 0.261 e. The quantitative estimate of drug-likeness (QED) is 0.854. The Kier molecular flexibility index (Phi) is 4.60. The van der Waals surface area contributed by atoms with Gasteiger partial charge in [-0.1, -0.05) is 0 Å². The van der Waals surface area contributed by atoms with E-state index in [0.29, 0.717) is 18.5 Å². The van der Waals surface area contributed by atoms with Crippen molar-refractivity contribution in [2.75, 3.05) is 13.2 Å². The molecule has 0 aliphatic heterocycles. The Balaban J connectivity index is 2.29. The van der Waals surface area contributed by atoms with E-state index in [1.165, 1.54) is 0 Å². The number of carbonyl (C=O) groups is 1. The van der Waals surface area contributed by atoms with E-state index < -0.39 is 0 Å². The molecule has 20 heavy (non-hydrogen) atoms. The summed E-state index contributed by atoms with van der Waals surface area (Å²) < 4.78 is 0. The van der Waals surface area contributed by atoms with Crippen molar-refractivity contribution in [3.63, 3.8) is 0 Å². The molecular weight excluding hydrogens is 256 g/mol. The zero-order valence-electron chi connectivity index (χ0n) is 12.1. The van der Waals surface area contributed by atoms with Crippen LogP contribution in [0, 0.1) is 13.8 Å². The van der Waals surface area contributed by atoms with Gasteiger partial charge in [-0.2, -0.15) is 0 Å². The molecular formula is C15H22N2O3. The third-order valence-corrected chi connectivity index (χ3v) is 3.91. The van der Waals surface area contributed by atoms with Gasteiger partial charge in [-0.3, -0.25) is 9.59 Å². The van der Waals surface area contributed by atoms with Gasteiger partial charge in [-0.15, -0.1) is 0 Å². The van der Waals surface area contributed by atoms with E-state index in [-0.39, 0.29) is 29.7 Å². The van der Waals surface area contributed by atoms with Crippen molar-refractivity contribution in [3.8, 4) is 0 Å². The second-order valence-electron chi connectivity index (χ2n) is 5.50. The SMILES string of the molecule is Cc1cc(C)c(C(=O)N(CCCO)C2CCC2)c(=O)[nH]1. The van der Waals surface area contributed by atoms with E-state index in [0.717, 1.165) is 25.0 Å². The Bertz CT molecular complexity index is 547. The molecule has 2 rings (SSSR count). The van der Waals surface area contributed by atoms with Crippen LogP contribution in [0.1, 0.15) is 47.3 Å².